The molecular formula is C17H21Cl3N2. The molecule has 1 saturated heterocycles. The molecular weight excluding hydrogens is 339 g/mol. The van der Waals surface area contributed by atoms with E-state index in [1.807, 2.05) is 12.1 Å². The summed E-state index contributed by atoms with van der Waals surface area (Å²) in [4.78, 5) is 2.54. The molecule has 1 aliphatic rings. The third kappa shape index (κ3) is 4.61. The van der Waals surface area contributed by atoms with Gasteiger partial charge in [0, 0.05) is 31.2 Å². The fourth-order valence-electron chi connectivity index (χ4n) is 2.83. The maximum atomic E-state index is 6.02. The van der Waals surface area contributed by atoms with Crippen LogP contribution in [0.2, 0.25) is 5.02 Å². The number of rotatable bonds is 3. The summed E-state index contributed by atoms with van der Waals surface area (Å²) in [7, 11) is 0. The molecule has 1 aliphatic heterocycles. The summed E-state index contributed by atoms with van der Waals surface area (Å²) in [6, 6.07) is 19.3. The van der Waals surface area contributed by atoms with Gasteiger partial charge >= 0.3 is 0 Å². The standard InChI is InChI=1S/C17H19ClN2.2ClH/c18-16-8-6-15(7-9-16)17(14-4-2-1-3-5-14)20-12-10-19-11-13-20;;/h1-9,17,19H,10-13H2;2*1H. The van der Waals surface area contributed by atoms with Crippen molar-refractivity contribution >= 4 is 36.4 Å². The average molecular weight is 360 g/mol. The zero-order valence-corrected chi connectivity index (χ0v) is 14.6. The second-order valence-electron chi connectivity index (χ2n) is 5.15. The van der Waals surface area contributed by atoms with Crippen molar-refractivity contribution in [3.05, 3.63) is 70.7 Å². The third-order valence-corrected chi connectivity index (χ3v) is 4.07. The molecule has 5 heteroatoms. The van der Waals surface area contributed by atoms with Crippen molar-refractivity contribution in [2.45, 2.75) is 6.04 Å². The smallest absolute Gasteiger partial charge is 0.0602 e. The molecule has 120 valence electrons. The number of piperazine rings is 1. The number of halogens is 3. The largest absolute Gasteiger partial charge is 0.314 e. The summed E-state index contributed by atoms with van der Waals surface area (Å²) in [5.41, 5.74) is 2.65. The zero-order chi connectivity index (χ0) is 13.8. The van der Waals surface area contributed by atoms with Crippen molar-refractivity contribution in [1.29, 1.82) is 0 Å². The maximum absolute atomic E-state index is 6.02. The normalized spacial score (nSPS) is 16.2. The van der Waals surface area contributed by atoms with E-state index in [1.165, 1.54) is 11.1 Å². The second kappa shape index (κ2) is 9.39. The summed E-state index contributed by atoms with van der Waals surface area (Å²) in [6.45, 7) is 4.25. The van der Waals surface area contributed by atoms with E-state index in [9.17, 15) is 0 Å². The van der Waals surface area contributed by atoms with Crippen molar-refractivity contribution in [1.82, 2.24) is 10.2 Å². The van der Waals surface area contributed by atoms with Gasteiger partial charge in [0.05, 0.1) is 6.04 Å². The number of benzene rings is 2. The highest BCUT2D eigenvalue weighted by Crippen LogP contribution is 2.29. The molecule has 0 saturated carbocycles. The Morgan fingerprint density at radius 2 is 1.36 bits per heavy atom. The van der Waals surface area contributed by atoms with Gasteiger partial charge in [0.2, 0.25) is 0 Å². The predicted octanol–water partition coefficient (Wildman–Crippen LogP) is 4.18. The lowest BCUT2D eigenvalue weighted by atomic mass is 9.96. The molecule has 1 atom stereocenters. The first-order valence-corrected chi connectivity index (χ1v) is 7.47. The van der Waals surface area contributed by atoms with Crippen LogP contribution in [0.15, 0.2) is 54.6 Å². The summed E-state index contributed by atoms with van der Waals surface area (Å²) in [5, 5.41) is 4.21. The molecule has 1 N–H and O–H groups in total. The van der Waals surface area contributed by atoms with Crippen molar-refractivity contribution in [3.63, 3.8) is 0 Å². The van der Waals surface area contributed by atoms with Gasteiger partial charge in [-0.3, -0.25) is 4.90 Å². The Balaban J connectivity index is 0.00000121. The minimum Gasteiger partial charge on any atom is -0.314 e. The van der Waals surface area contributed by atoms with E-state index in [4.69, 9.17) is 11.6 Å². The van der Waals surface area contributed by atoms with Crippen LogP contribution in [-0.4, -0.2) is 31.1 Å². The van der Waals surface area contributed by atoms with Gasteiger partial charge in [0.1, 0.15) is 0 Å². The van der Waals surface area contributed by atoms with Crippen molar-refractivity contribution in [2.24, 2.45) is 0 Å². The van der Waals surface area contributed by atoms with Crippen molar-refractivity contribution < 1.29 is 0 Å². The number of nitrogens with zero attached hydrogens (tertiary/aromatic N) is 1. The van der Waals surface area contributed by atoms with Gasteiger partial charge in [-0.2, -0.15) is 0 Å². The van der Waals surface area contributed by atoms with Gasteiger partial charge in [-0.05, 0) is 23.3 Å². The van der Waals surface area contributed by atoms with Crippen LogP contribution in [0.5, 0.6) is 0 Å². The fraction of sp³-hybridized carbons (Fsp3) is 0.294. The molecule has 22 heavy (non-hydrogen) atoms. The van der Waals surface area contributed by atoms with Crippen molar-refractivity contribution in [3.8, 4) is 0 Å². The van der Waals surface area contributed by atoms with Gasteiger partial charge in [-0.1, -0.05) is 54.1 Å². The lowest BCUT2D eigenvalue weighted by Gasteiger charge is -2.35. The Bertz CT molecular complexity index is 540. The van der Waals surface area contributed by atoms with Crippen LogP contribution < -0.4 is 5.32 Å². The number of hydrogen-bond acceptors (Lipinski definition) is 2. The Morgan fingerprint density at radius 1 is 0.818 bits per heavy atom. The molecule has 2 nitrogen and oxygen atoms in total. The molecule has 2 aromatic rings. The van der Waals surface area contributed by atoms with Gasteiger partial charge < -0.3 is 5.32 Å². The molecule has 1 unspecified atom stereocenters. The van der Waals surface area contributed by atoms with Crippen LogP contribution in [-0.2, 0) is 0 Å². The summed E-state index contributed by atoms with van der Waals surface area (Å²) in [5.74, 6) is 0. The highest BCUT2D eigenvalue weighted by molar-refractivity contribution is 6.30. The molecule has 1 fully saturated rings. The van der Waals surface area contributed by atoms with Gasteiger partial charge in [-0.15, -0.1) is 24.8 Å². The van der Waals surface area contributed by atoms with E-state index in [0.717, 1.165) is 31.2 Å². The molecule has 0 spiro atoms. The molecule has 1 heterocycles. The highest BCUT2D eigenvalue weighted by Gasteiger charge is 2.23. The minimum absolute atomic E-state index is 0. The second-order valence-corrected chi connectivity index (χ2v) is 5.59. The topological polar surface area (TPSA) is 15.3 Å². The van der Waals surface area contributed by atoms with Crippen LogP contribution in [0.4, 0.5) is 0 Å². The van der Waals surface area contributed by atoms with Crippen LogP contribution in [0.3, 0.4) is 0 Å². The Labute approximate surface area is 149 Å². The fourth-order valence-corrected chi connectivity index (χ4v) is 2.96. The first-order chi connectivity index (χ1) is 9.84. The van der Waals surface area contributed by atoms with Gasteiger partial charge in [0.25, 0.3) is 0 Å². The third-order valence-electron chi connectivity index (χ3n) is 3.82. The van der Waals surface area contributed by atoms with E-state index in [0.29, 0.717) is 6.04 Å². The first kappa shape index (κ1) is 19.3. The minimum atomic E-state index is 0. The predicted molar refractivity (Wildman–Crippen MR) is 98.7 cm³/mol. The number of hydrogen-bond donors (Lipinski definition) is 1. The van der Waals surface area contributed by atoms with E-state index < -0.39 is 0 Å². The van der Waals surface area contributed by atoms with E-state index >= 15 is 0 Å². The van der Waals surface area contributed by atoms with Crippen molar-refractivity contribution in [2.75, 3.05) is 26.2 Å². The monoisotopic (exact) mass is 358 g/mol. The Morgan fingerprint density at radius 3 is 1.95 bits per heavy atom. The molecule has 0 bridgehead atoms. The summed E-state index contributed by atoms with van der Waals surface area (Å²) in [6.07, 6.45) is 0. The molecule has 0 aromatic heterocycles. The quantitative estimate of drug-likeness (QED) is 0.884. The first-order valence-electron chi connectivity index (χ1n) is 7.10. The lowest BCUT2D eigenvalue weighted by molar-refractivity contribution is 0.198. The number of nitrogens with one attached hydrogen (secondary N) is 1. The van der Waals surface area contributed by atoms with E-state index in [2.05, 4.69) is 52.7 Å². The highest BCUT2D eigenvalue weighted by atomic mass is 35.5. The van der Waals surface area contributed by atoms with Crippen LogP contribution in [0.1, 0.15) is 17.2 Å². The molecule has 2 aromatic carbocycles. The van der Waals surface area contributed by atoms with E-state index in [1.54, 1.807) is 0 Å². The Hall–Kier alpha value is -0.770. The molecule has 0 aliphatic carbocycles. The lowest BCUT2D eigenvalue weighted by Crippen LogP contribution is -2.45. The SMILES string of the molecule is Cl.Cl.Clc1ccc(C(c2ccccc2)N2CCNCC2)cc1. The maximum Gasteiger partial charge on any atom is 0.0602 e. The van der Waals surface area contributed by atoms with Crippen LogP contribution >= 0.6 is 36.4 Å². The van der Waals surface area contributed by atoms with E-state index in [-0.39, 0.29) is 24.8 Å². The van der Waals surface area contributed by atoms with Crippen LogP contribution in [0.25, 0.3) is 0 Å². The molecule has 0 amide bonds. The summed E-state index contributed by atoms with van der Waals surface area (Å²) >= 11 is 6.02. The molecule has 0 radical (unpaired) electrons. The Kier molecular flexibility index (Phi) is 8.23. The zero-order valence-electron chi connectivity index (χ0n) is 12.2. The van der Waals surface area contributed by atoms with Gasteiger partial charge in [-0.25, -0.2) is 0 Å². The molecule has 3 rings (SSSR count). The van der Waals surface area contributed by atoms with Gasteiger partial charge in [0.15, 0.2) is 0 Å². The average Bonchev–Trinajstić information content (AvgIpc) is 2.52. The summed E-state index contributed by atoms with van der Waals surface area (Å²) < 4.78 is 0. The van der Waals surface area contributed by atoms with Crippen LogP contribution in [0, 0.1) is 0 Å².